The number of aromatic nitrogens is 1. The van der Waals surface area contributed by atoms with Crippen LogP contribution >= 0.6 is 11.6 Å². The van der Waals surface area contributed by atoms with Gasteiger partial charge < -0.3 is 19.5 Å². The van der Waals surface area contributed by atoms with Gasteiger partial charge in [-0.25, -0.2) is 4.39 Å². The van der Waals surface area contributed by atoms with E-state index in [2.05, 4.69) is 5.32 Å². The third-order valence-electron chi connectivity index (χ3n) is 7.38. The number of anilines is 1. The molecular formula is C30H27ClF4N3O4S-. The molecule has 1 aliphatic rings. The Morgan fingerprint density at radius 2 is 1.84 bits per heavy atom. The molecule has 2 atom stereocenters. The minimum atomic E-state index is -4.63. The number of carbonyl (C=O) groups excluding carboxylic acids is 1. The van der Waals surface area contributed by atoms with E-state index in [9.17, 15) is 36.2 Å². The van der Waals surface area contributed by atoms with Crippen molar-refractivity contribution >= 4 is 45.4 Å². The van der Waals surface area contributed by atoms with Crippen LogP contribution in [0.3, 0.4) is 0 Å². The van der Waals surface area contributed by atoms with Crippen LogP contribution in [0.25, 0.3) is 10.9 Å². The van der Waals surface area contributed by atoms with Gasteiger partial charge in [-0.15, -0.1) is 0 Å². The highest BCUT2D eigenvalue weighted by molar-refractivity contribution is 7.80. The van der Waals surface area contributed by atoms with Crippen LogP contribution in [0.1, 0.15) is 51.6 Å². The Kier molecular flexibility index (Phi) is 9.12. The fourth-order valence-corrected chi connectivity index (χ4v) is 6.10. The Balaban J connectivity index is 1.38. The number of fused-ring (bicyclic) bond motifs is 1. The number of aliphatic hydroxyl groups excluding tert-OH is 1. The van der Waals surface area contributed by atoms with E-state index in [-0.39, 0.29) is 35.2 Å². The third-order valence-corrected chi connectivity index (χ3v) is 8.45. The van der Waals surface area contributed by atoms with Crippen LogP contribution in [0.15, 0.2) is 66.7 Å². The second kappa shape index (κ2) is 12.7. The largest absolute Gasteiger partial charge is 0.755 e. The van der Waals surface area contributed by atoms with Crippen LogP contribution in [0.4, 0.5) is 23.2 Å². The Morgan fingerprint density at radius 1 is 1.12 bits per heavy atom. The molecule has 0 aliphatic heterocycles. The maximum absolute atomic E-state index is 13.7. The van der Waals surface area contributed by atoms with E-state index >= 15 is 0 Å². The first-order valence-electron chi connectivity index (χ1n) is 13.4. The molecule has 228 valence electrons. The van der Waals surface area contributed by atoms with Crippen molar-refractivity contribution in [1.82, 2.24) is 9.88 Å². The quantitative estimate of drug-likeness (QED) is 0.154. The summed E-state index contributed by atoms with van der Waals surface area (Å²) in [6.07, 6.45) is -3.20. The normalized spacial score (nSPS) is 15.0. The Hall–Kier alpha value is -3.45. The number of benzene rings is 3. The lowest BCUT2D eigenvalue weighted by Crippen LogP contribution is -2.31. The summed E-state index contributed by atoms with van der Waals surface area (Å²) in [6, 6.07) is 15.5. The van der Waals surface area contributed by atoms with E-state index in [1.165, 1.54) is 22.5 Å². The molecule has 2 N–H and O–H groups in total. The summed E-state index contributed by atoms with van der Waals surface area (Å²) in [5.74, 6) is -0.512. The Bertz CT molecular complexity index is 1660. The topological polar surface area (TPSA) is 97.6 Å². The number of aliphatic hydroxyl groups is 1. The molecule has 0 spiro atoms. The van der Waals surface area contributed by atoms with Gasteiger partial charge in [-0.1, -0.05) is 29.8 Å². The molecule has 1 heterocycles. The van der Waals surface area contributed by atoms with Crippen molar-refractivity contribution in [3.8, 4) is 0 Å². The van der Waals surface area contributed by atoms with Gasteiger partial charge in [0.25, 0.3) is 5.91 Å². The maximum atomic E-state index is 13.7. The van der Waals surface area contributed by atoms with Crippen LogP contribution in [-0.2, 0) is 30.4 Å². The van der Waals surface area contributed by atoms with Gasteiger partial charge in [0.1, 0.15) is 6.67 Å². The number of aryl methyl sites for hydroxylation is 1. The predicted octanol–water partition coefficient (Wildman–Crippen LogP) is 6.10. The molecular weight excluding hydrogens is 610 g/mol. The van der Waals surface area contributed by atoms with E-state index < -0.39 is 48.2 Å². The van der Waals surface area contributed by atoms with Gasteiger partial charge in [-0.2, -0.15) is 13.2 Å². The van der Waals surface area contributed by atoms with Gasteiger partial charge in [-0.05, 0) is 72.5 Å². The number of nitrogens with zero attached hydrogens (tertiary/aromatic N) is 2. The zero-order chi connectivity index (χ0) is 30.9. The van der Waals surface area contributed by atoms with E-state index in [0.717, 1.165) is 18.9 Å². The van der Waals surface area contributed by atoms with Gasteiger partial charge in [-0.3, -0.25) is 13.3 Å². The van der Waals surface area contributed by atoms with Crippen molar-refractivity contribution in [2.75, 3.05) is 17.6 Å². The standard InChI is InChI=1S/C30H28ClF4N3O4S/c31-22-5-1-19(26(16-22)30(33,34)35)14-25-15-21-13-20(4-10-28(21)37(25)12-11-32)29(40)36-27(17-39)18-2-6-23(7-3-18)38(43(41)42)24-8-9-24/h1-7,10,13,15-16,24,27,39H,8-9,11-12,14,17H2,(H,36,40)(H,41,42)/p-1. The molecule has 2 unspecified atom stereocenters. The Labute approximate surface area is 252 Å². The van der Waals surface area contributed by atoms with Crippen LogP contribution in [-0.4, -0.2) is 43.7 Å². The summed E-state index contributed by atoms with van der Waals surface area (Å²) in [5, 5.41) is 13.2. The molecule has 5 rings (SSSR count). The highest BCUT2D eigenvalue weighted by atomic mass is 35.5. The molecule has 1 amide bonds. The highest BCUT2D eigenvalue weighted by Crippen LogP contribution is 2.36. The molecule has 1 fully saturated rings. The number of amides is 1. The number of alkyl halides is 4. The molecule has 3 aromatic carbocycles. The summed E-state index contributed by atoms with van der Waals surface area (Å²) in [4.78, 5) is 13.2. The average Bonchev–Trinajstić information content (AvgIpc) is 3.74. The van der Waals surface area contributed by atoms with Crippen LogP contribution in [0.5, 0.6) is 0 Å². The van der Waals surface area contributed by atoms with Gasteiger partial charge in [0.15, 0.2) is 0 Å². The molecule has 0 bridgehead atoms. The first kappa shape index (κ1) is 31.0. The number of carbonyl (C=O) groups is 1. The van der Waals surface area contributed by atoms with Gasteiger partial charge in [0.05, 0.1) is 24.8 Å². The van der Waals surface area contributed by atoms with Crippen LogP contribution in [0.2, 0.25) is 5.02 Å². The number of hydrogen-bond acceptors (Lipinski definition) is 4. The number of halogens is 5. The smallest absolute Gasteiger partial charge is 0.416 e. The minimum absolute atomic E-state index is 0.0173. The summed E-state index contributed by atoms with van der Waals surface area (Å²) >= 11 is 3.40. The van der Waals surface area contributed by atoms with Crippen molar-refractivity contribution in [1.29, 1.82) is 0 Å². The van der Waals surface area contributed by atoms with Crippen molar-refractivity contribution in [2.45, 2.75) is 44.1 Å². The fraction of sp³-hybridized carbons (Fsp3) is 0.300. The second-order valence-electron chi connectivity index (χ2n) is 10.3. The van der Waals surface area contributed by atoms with Crippen molar-refractivity contribution in [2.24, 2.45) is 0 Å². The van der Waals surface area contributed by atoms with Gasteiger partial charge in [0, 0.05) is 56.6 Å². The Morgan fingerprint density at radius 3 is 2.44 bits per heavy atom. The van der Waals surface area contributed by atoms with Crippen molar-refractivity contribution < 1.29 is 36.2 Å². The zero-order valence-corrected chi connectivity index (χ0v) is 24.2. The molecule has 1 saturated carbocycles. The van der Waals surface area contributed by atoms with Crippen molar-refractivity contribution in [3.63, 3.8) is 0 Å². The number of nitrogens with one attached hydrogen (secondary N) is 1. The predicted molar refractivity (Wildman–Crippen MR) is 155 cm³/mol. The first-order valence-corrected chi connectivity index (χ1v) is 14.8. The fourth-order valence-electron chi connectivity index (χ4n) is 5.18. The molecule has 43 heavy (non-hydrogen) atoms. The average molecular weight is 637 g/mol. The highest BCUT2D eigenvalue weighted by Gasteiger charge is 2.34. The third kappa shape index (κ3) is 6.87. The summed E-state index contributed by atoms with van der Waals surface area (Å²) in [7, 11) is 0. The molecule has 4 aromatic rings. The summed E-state index contributed by atoms with van der Waals surface area (Å²) in [6.45, 7) is -1.25. The monoisotopic (exact) mass is 636 g/mol. The number of hydrogen-bond donors (Lipinski definition) is 2. The molecule has 0 radical (unpaired) electrons. The minimum Gasteiger partial charge on any atom is -0.755 e. The lowest BCUT2D eigenvalue weighted by atomic mass is 10.0. The van der Waals surface area contributed by atoms with Gasteiger partial charge >= 0.3 is 6.18 Å². The van der Waals surface area contributed by atoms with E-state index in [1.807, 2.05) is 0 Å². The molecule has 7 nitrogen and oxygen atoms in total. The van der Waals surface area contributed by atoms with Gasteiger partial charge in [0.2, 0.25) is 0 Å². The maximum Gasteiger partial charge on any atom is 0.416 e. The summed E-state index contributed by atoms with van der Waals surface area (Å²) < 4.78 is 80.7. The lowest BCUT2D eigenvalue weighted by Gasteiger charge is -2.27. The zero-order valence-electron chi connectivity index (χ0n) is 22.6. The molecule has 1 aliphatic carbocycles. The number of rotatable bonds is 11. The van der Waals surface area contributed by atoms with E-state index in [4.69, 9.17) is 11.6 Å². The second-order valence-corrected chi connectivity index (χ2v) is 11.6. The molecule has 13 heteroatoms. The van der Waals surface area contributed by atoms with Crippen molar-refractivity contribution in [3.05, 3.63) is 99.7 Å². The molecule has 1 aromatic heterocycles. The first-order chi connectivity index (χ1) is 20.5. The lowest BCUT2D eigenvalue weighted by molar-refractivity contribution is -0.138. The van der Waals surface area contributed by atoms with Crippen LogP contribution < -0.4 is 9.62 Å². The van der Waals surface area contributed by atoms with E-state index in [0.29, 0.717) is 27.8 Å². The SMILES string of the molecule is O=C(NC(CO)c1ccc(N(C2CC2)S(=O)[O-])cc1)c1ccc2c(c1)cc(Cc1ccc(Cl)cc1C(F)(F)F)n2CCF. The van der Waals surface area contributed by atoms with Crippen LogP contribution in [0, 0.1) is 0 Å². The van der Waals surface area contributed by atoms with E-state index in [1.54, 1.807) is 47.0 Å². The summed E-state index contributed by atoms with van der Waals surface area (Å²) in [5.41, 5.74) is 1.38. The molecule has 0 saturated heterocycles.